The highest BCUT2D eigenvalue weighted by molar-refractivity contribution is 7.92. The summed E-state index contributed by atoms with van der Waals surface area (Å²) in [6, 6.07) is 15.6. The van der Waals surface area contributed by atoms with E-state index >= 15 is 0 Å². The highest BCUT2D eigenvalue weighted by Crippen LogP contribution is 2.21. The number of sulfonamides is 1. The Balaban J connectivity index is 1.99. The fraction of sp³-hybridized carbons (Fsp3) is 0.316. The summed E-state index contributed by atoms with van der Waals surface area (Å²) in [7, 11) is -3.33. The molecule has 2 atom stereocenters. The van der Waals surface area contributed by atoms with Gasteiger partial charge < -0.3 is 11.1 Å². The molecule has 140 valence electrons. The smallest absolute Gasteiger partial charge is 0.232 e. The first-order valence-electron chi connectivity index (χ1n) is 8.54. The Hall–Kier alpha value is -2.38. The quantitative estimate of drug-likeness (QED) is 0.660. The van der Waals surface area contributed by atoms with Crippen LogP contribution in [0.3, 0.4) is 0 Å². The number of anilines is 2. The largest absolute Gasteiger partial charge is 0.326 e. The molecule has 0 bridgehead atoms. The average Bonchev–Trinajstić information content (AvgIpc) is 2.62. The number of nitrogens with one attached hydrogen (secondary N) is 2. The number of nitrogens with two attached hydrogens (primary N) is 1. The molecular weight excluding hydrogens is 350 g/mol. The SMILES string of the molecule is CCCS(=O)(=O)Nc1ccc(NC(=O)C(C)C(N)c2ccccc2)cc1. The number of carbonyl (C=O) groups excluding carboxylic acids is 1. The Morgan fingerprint density at radius 3 is 2.19 bits per heavy atom. The van der Waals surface area contributed by atoms with E-state index in [2.05, 4.69) is 10.0 Å². The molecule has 7 heteroatoms. The second-order valence-electron chi connectivity index (χ2n) is 6.21. The molecule has 0 fully saturated rings. The highest BCUT2D eigenvalue weighted by Gasteiger charge is 2.22. The third kappa shape index (κ3) is 5.57. The first-order valence-corrected chi connectivity index (χ1v) is 10.2. The first kappa shape index (κ1) is 19.9. The van der Waals surface area contributed by atoms with Gasteiger partial charge in [-0.2, -0.15) is 0 Å². The Bertz CT molecular complexity index is 821. The van der Waals surface area contributed by atoms with Gasteiger partial charge in [0.25, 0.3) is 0 Å². The molecule has 0 radical (unpaired) electrons. The van der Waals surface area contributed by atoms with Crippen LogP contribution in [0.5, 0.6) is 0 Å². The monoisotopic (exact) mass is 375 g/mol. The minimum atomic E-state index is -3.33. The molecular formula is C19H25N3O3S. The second kappa shape index (κ2) is 8.82. The lowest BCUT2D eigenvalue weighted by atomic mass is 9.94. The van der Waals surface area contributed by atoms with Crippen LogP contribution < -0.4 is 15.8 Å². The molecule has 0 spiro atoms. The van der Waals surface area contributed by atoms with Crippen molar-refractivity contribution in [1.82, 2.24) is 0 Å². The van der Waals surface area contributed by atoms with Gasteiger partial charge in [-0.05, 0) is 36.2 Å². The minimum absolute atomic E-state index is 0.0698. The highest BCUT2D eigenvalue weighted by atomic mass is 32.2. The lowest BCUT2D eigenvalue weighted by Gasteiger charge is -2.20. The van der Waals surface area contributed by atoms with Gasteiger partial charge in [0.2, 0.25) is 15.9 Å². The Morgan fingerprint density at radius 1 is 1.04 bits per heavy atom. The van der Waals surface area contributed by atoms with Crippen molar-refractivity contribution in [2.75, 3.05) is 15.8 Å². The van der Waals surface area contributed by atoms with Gasteiger partial charge in [0.05, 0.1) is 11.7 Å². The molecule has 0 aliphatic carbocycles. The summed E-state index contributed by atoms with van der Waals surface area (Å²) in [6.45, 7) is 3.58. The number of hydrogen-bond acceptors (Lipinski definition) is 4. The zero-order valence-corrected chi connectivity index (χ0v) is 15.8. The fourth-order valence-corrected chi connectivity index (χ4v) is 3.64. The Kier molecular flexibility index (Phi) is 6.76. The van der Waals surface area contributed by atoms with Crippen LogP contribution in [0.1, 0.15) is 31.9 Å². The summed E-state index contributed by atoms with van der Waals surface area (Å²) in [4.78, 5) is 12.4. The molecule has 2 unspecified atom stereocenters. The van der Waals surface area contributed by atoms with Gasteiger partial charge in [0.1, 0.15) is 0 Å². The first-order chi connectivity index (χ1) is 12.3. The van der Waals surface area contributed by atoms with Crippen LogP contribution in [0.2, 0.25) is 0 Å². The molecule has 0 aromatic heterocycles. The lowest BCUT2D eigenvalue weighted by Crippen LogP contribution is -2.30. The molecule has 2 aromatic rings. The summed E-state index contributed by atoms with van der Waals surface area (Å²) < 4.78 is 26.0. The standard InChI is InChI=1S/C19H25N3O3S/c1-3-13-26(24,25)22-17-11-9-16(10-12-17)21-19(23)14(2)18(20)15-7-5-4-6-8-15/h4-12,14,18,22H,3,13,20H2,1-2H3,(H,21,23). The van der Waals surface area contributed by atoms with Crippen molar-refractivity contribution in [2.45, 2.75) is 26.3 Å². The molecule has 0 saturated carbocycles. The van der Waals surface area contributed by atoms with Crippen molar-refractivity contribution < 1.29 is 13.2 Å². The summed E-state index contributed by atoms with van der Waals surface area (Å²) in [5.74, 6) is -0.541. The van der Waals surface area contributed by atoms with E-state index in [1.54, 1.807) is 38.1 Å². The summed E-state index contributed by atoms with van der Waals surface area (Å²) >= 11 is 0. The Morgan fingerprint density at radius 2 is 1.62 bits per heavy atom. The summed E-state index contributed by atoms with van der Waals surface area (Å²) in [5, 5.41) is 2.81. The molecule has 26 heavy (non-hydrogen) atoms. The summed E-state index contributed by atoms with van der Waals surface area (Å²) in [6.07, 6.45) is 0.545. The van der Waals surface area contributed by atoms with E-state index in [0.717, 1.165) is 5.56 Å². The van der Waals surface area contributed by atoms with Crippen molar-refractivity contribution >= 4 is 27.3 Å². The predicted octanol–water partition coefficient (Wildman–Crippen LogP) is 3.11. The number of carbonyl (C=O) groups is 1. The molecule has 0 aliphatic rings. The van der Waals surface area contributed by atoms with Crippen molar-refractivity contribution in [3.8, 4) is 0 Å². The van der Waals surface area contributed by atoms with Crippen LogP contribution in [0, 0.1) is 5.92 Å². The third-order valence-electron chi connectivity index (χ3n) is 4.04. The summed E-state index contributed by atoms with van der Waals surface area (Å²) in [5.41, 5.74) is 8.12. The van der Waals surface area contributed by atoms with Gasteiger partial charge in [-0.3, -0.25) is 9.52 Å². The fourth-order valence-electron chi connectivity index (χ4n) is 2.50. The molecule has 2 aromatic carbocycles. The van der Waals surface area contributed by atoms with Gasteiger partial charge in [-0.1, -0.05) is 44.2 Å². The van der Waals surface area contributed by atoms with Crippen LogP contribution in [0.15, 0.2) is 54.6 Å². The van der Waals surface area contributed by atoms with Crippen LogP contribution >= 0.6 is 0 Å². The minimum Gasteiger partial charge on any atom is -0.326 e. The molecule has 0 aliphatic heterocycles. The third-order valence-corrected chi connectivity index (χ3v) is 5.53. The van der Waals surface area contributed by atoms with Crippen LogP contribution in [0.25, 0.3) is 0 Å². The molecule has 0 heterocycles. The maximum atomic E-state index is 12.4. The maximum Gasteiger partial charge on any atom is 0.232 e. The molecule has 6 nitrogen and oxygen atoms in total. The zero-order chi connectivity index (χ0) is 19.2. The lowest BCUT2D eigenvalue weighted by molar-refractivity contribution is -0.120. The van der Waals surface area contributed by atoms with Crippen molar-refractivity contribution in [3.05, 3.63) is 60.2 Å². The average molecular weight is 375 g/mol. The van der Waals surface area contributed by atoms with Crippen LogP contribution in [-0.2, 0) is 14.8 Å². The van der Waals surface area contributed by atoms with Gasteiger partial charge in [0.15, 0.2) is 0 Å². The van der Waals surface area contributed by atoms with Crippen molar-refractivity contribution in [2.24, 2.45) is 11.7 Å². The number of amides is 1. The number of hydrogen-bond donors (Lipinski definition) is 3. The van der Waals surface area contributed by atoms with E-state index in [4.69, 9.17) is 5.73 Å². The normalized spacial score (nSPS) is 13.7. The van der Waals surface area contributed by atoms with Gasteiger partial charge in [-0.15, -0.1) is 0 Å². The van der Waals surface area contributed by atoms with E-state index in [1.165, 1.54) is 0 Å². The van der Waals surface area contributed by atoms with Crippen LogP contribution in [0.4, 0.5) is 11.4 Å². The van der Waals surface area contributed by atoms with E-state index < -0.39 is 22.0 Å². The molecule has 4 N–H and O–H groups in total. The van der Waals surface area contributed by atoms with Gasteiger partial charge in [-0.25, -0.2) is 8.42 Å². The Labute approximate surface area is 154 Å². The van der Waals surface area contributed by atoms with E-state index in [9.17, 15) is 13.2 Å². The predicted molar refractivity (Wildman–Crippen MR) is 105 cm³/mol. The molecule has 2 rings (SSSR count). The van der Waals surface area contributed by atoms with Crippen LogP contribution in [-0.4, -0.2) is 20.1 Å². The van der Waals surface area contributed by atoms with Crippen molar-refractivity contribution in [1.29, 1.82) is 0 Å². The maximum absolute atomic E-state index is 12.4. The van der Waals surface area contributed by atoms with E-state index in [-0.39, 0.29) is 11.7 Å². The topological polar surface area (TPSA) is 101 Å². The number of benzene rings is 2. The van der Waals surface area contributed by atoms with E-state index in [1.807, 2.05) is 30.3 Å². The van der Waals surface area contributed by atoms with E-state index in [0.29, 0.717) is 17.8 Å². The zero-order valence-electron chi connectivity index (χ0n) is 15.0. The number of rotatable bonds is 8. The van der Waals surface area contributed by atoms with Crippen molar-refractivity contribution in [3.63, 3.8) is 0 Å². The van der Waals surface area contributed by atoms with Gasteiger partial charge >= 0.3 is 0 Å². The van der Waals surface area contributed by atoms with Gasteiger partial charge in [0, 0.05) is 17.4 Å². The second-order valence-corrected chi connectivity index (χ2v) is 8.05. The molecule has 1 amide bonds. The molecule has 0 saturated heterocycles.